The molecule has 0 aromatic carbocycles. The van der Waals surface area contributed by atoms with E-state index >= 15 is 0 Å². The Labute approximate surface area is 83.0 Å². The number of alkyl halides is 1. The van der Waals surface area contributed by atoms with Gasteiger partial charge in [0.15, 0.2) is 0 Å². The third-order valence-electron chi connectivity index (χ3n) is 3.69. The van der Waals surface area contributed by atoms with Crippen molar-refractivity contribution in [2.24, 2.45) is 5.41 Å². The third kappa shape index (κ3) is 1.10. The molecular formula is C10H16FNO2. The highest BCUT2D eigenvalue weighted by molar-refractivity contribution is 5.79. The fourth-order valence-corrected chi connectivity index (χ4v) is 2.83. The summed E-state index contributed by atoms with van der Waals surface area (Å²) in [5.74, 6) is -0.385. The fourth-order valence-electron chi connectivity index (χ4n) is 2.83. The van der Waals surface area contributed by atoms with Crippen molar-refractivity contribution in [3.05, 3.63) is 0 Å². The van der Waals surface area contributed by atoms with Crippen molar-refractivity contribution in [3.8, 4) is 0 Å². The van der Waals surface area contributed by atoms with Crippen molar-refractivity contribution in [3.63, 3.8) is 0 Å². The molecule has 0 amide bonds. The molecule has 4 heteroatoms. The highest BCUT2D eigenvalue weighted by Gasteiger charge is 2.62. The number of fused-ring (bicyclic) bond motifs is 1. The van der Waals surface area contributed by atoms with Crippen LogP contribution in [0.25, 0.3) is 0 Å². The van der Waals surface area contributed by atoms with Gasteiger partial charge in [0.1, 0.15) is 11.1 Å². The van der Waals surface area contributed by atoms with Gasteiger partial charge in [-0.1, -0.05) is 12.8 Å². The van der Waals surface area contributed by atoms with Crippen LogP contribution >= 0.6 is 0 Å². The number of hydrogen-bond acceptors (Lipinski definition) is 3. The number of esters is 1. The van der Waals surface area contributed by atoms with Crippen LogP contribution in [-0.4, -0.2) is 31.8 Å². The largest absolute Gasteiger partial charge is 0.468 e. The highest BCUT2D eigenvalue weighted by atomic mass is 19.1. The van der Waals surface area contributed by atoms with Gasteiger partial charge in [-0.05, 0) is 12.8 Å². The standard InChI is InChI=1S/C10H16FNO2/c1-14-8(13)9-4-2-3-5-10(9,11)7-12-6-9/h12H,2-7H2,1H3/t9-,10-/m1/s1. The SMILES string of the molecule is COC(=O)[C@]12CCCC[C@@]1(F)CNC2. The molecule has 3 nitrogen and oxygen atoms in total. The summed E-state index contributed by atoms with van der Waals surface area (Å²) in [5, 5.41) is 2.98. The first kappa shape index (κ1) is 9.90. The molecular weight excluding hydrogens is 185 g/mol. The first-order chi connectivity index (χ1) is 6.65. The highest BCUT2D eigenvalue weighted by Crippen LogP contribution is 2.50. The first-order valence-corrected chi connectivity index (χ1v) is 5.13. The summed E-state index contributed by atoms with van der Waals surface area (Å²) in [6.45, 7) is 0.721. The van der Waals surface area contributed by atoms with Crippen LogP contribution in [0.1, 0.15) is 25.7 Å². The maximum Gasteiger partial charge on any atom is 0.316 e. The molecule has 0 aromatic rings. The minimum absolute atomic E-state index is 0.294. The molecule has 0 aromatic heterocycles. The molecule has 0 spiro atoms. The van der Waals surface area contributed by atoms with Gasteiger partial charge in [-0.15, -0.1) is 0 Å². The zero-order valence-corrected chi connectivity index (χ0v) is 8.44. The topological polar surface area (TPSA) is 38.3 Å². The monoisotopic (exact) mass is 201 g/mol. The van der Waals surface area contributed by atoms with Crippen LogP contribution in [0.15, 0.2) is 0 Å². The number of rotatable bonds is 1. The average Bonchev–Trinajstić information content (AvgIpc) is 2.55. The van der Waals surface area contributed by atoms with Gasteiger partial charge in [0.25, 0.3) is 0 Å². The van der Waals surface area contributed by atoms with E-state index in [1.54, 1.807) is 0 Å². The fraction of sp³-hybridized carbons (Fsp3) is 0.900. The van der Waals surface area contributed by atoms with Gasteiger partial charge in [-0.3, -0.25) is 4.79 Å². The summed E-state index contributed by atoms with van der Waals surface area (Å²) in [6.07, 6.45) is 2.89. The maximum atomic E-state index is 14.5. The Hall–Kier alpha value is -0.640. The third-order valence-corrected chi connectivity index (χ3v) is 3.69. The Kier molecular flexibility index (Phi) is 2.26. The molecule has 2 fully saturated rings. The van der Waals surface area contributed by atoms with Crippen LogP contribution in [0.4, 0.5) is 4.39 Å². The summed E-state index contributed by atoms with van der Waals surface area (Å²) in [6, 6.07) is 0. The summed E-state index contributed by atoms with van der Waals surface area (Å²) >= 11 is 0. The summed E-state index contributed by atoms with van der Waals surface area (Å²) in [5.41, 5.74) is -2.28. The van der Waals surface area contributed by atoms with Crippen LogP contribution in [-0.2, 0) is 9.53 Å². The minimum atomic E-state index is -1.38. The zero-order valence-electron chi connectivity index (χ0n) is 8.44. The molecule has 1 aliphatic carbocycles. The molecule has 2 aliphatic rings. The molecule has 2 rings (SSSR count). The van der Waals surface area contributed by atoms with Gasteiger partial charge < -0.3 is 10.1 Å². The summed E-state index contributed by atoms with van der Waals surface area (Å²) in [7, 11) is 1.34. The molecule has 0 bridgehead atoms. The summed E-state index contributed by atoms with van der Waals surface area (Å²) in [4.78, 5) is 11.7. The predicted molar refractivity (Wildman–Crippen MR) is 49.6 cm³/mol. The van der Waals surface area contributed by atoms with E-state index in [0.717, 1.165) is 12.8 Å². The van der Waals surface area contributed by atoms with Crippen LogP contribution in [0, 0.1) is 5.41 Å². The van der Waals surface area contributed by atoms with Crippen molar-refractivity contribution in [1.82, 2.24) is 5.32 Å². The first-order valence-electron chi connectivity index (χ1n) is 5.13. The second-order valence-corrected chi connectivity index (χ2v) is 4.35. The number of halogens is 1. The smallest absolute Gasteiger partial charge is 0.316 e. The zero-order chi connectivity index (χ0) is 10.2. The average molecular weight is 201 g/mol. The van der Waals surface area contributed by atoms with Crippen LogP contribution in [0.5, 0.6) is 0 Å². The van der Waals surface area contributed by atoms with Crippen molar-refractivity contribution < 1.29 is 13.9 Å². The number of hydrogen-bond donors (Lipinski definition) is 1. The second-order valence-electron chi connectivity index (χ2n) is 4.35. The molecule has 1 saturated heterocycles. The molecule has 14 heavy (non-hydrogen) atoms. The molecule has 0 unspecified atom stereocenters. The predicted octanol–water partition coefficient (Wildman–Crippen LogP) is 1.03. The van der Waals surface area contributed by atoms with Gasteiger partial charge in [-0.2, -0.15) is 0 Å². The molecule has 2 atom stereocenters. The van der Waals surface area contributed by atoms with Crippen LogP contribution in [0.3, 0.4) is 0 Å². The Balaban J connectivity index is 2.32. The van der Waals surface area contributed by atoms with E-state index in [-0.39, 0.29) is 5.97 Å². The Morgan fingerprint density at radius 3 is 2.79 bits per heavy atom. The van der Waals surface area contributed by atoms with Gasteiger partial charge in [0.2, 0.25) is 0 Å². The quantitative estimate of drug-likeness (QED) is 0.644. The number of carbonyl (C=O) groups is 1. The maximum absolute atomic E-state index is 14.5. The van der Waals surface area contributed by atoms with Gasteiger partial charge >= 0.3 is 5.97 Å². The van der Waals surface area contributed by atoms with Crippen LogP contribution in [0.2, 0.25) is 0 Å². The van der Waals surface area contributed by atoms with E-state index in [0.29, 0.717) is 25.9 Å². The number of methoxy groups -OCH3 is 1. The second kappa shape index (κ2) is 3.19. The Morgan fingerprint density at radius 2 is 2.07 bits per heavy atom. The van der Waals surface area contributed by atoms with Gasteiger partial charge in [0.05, 0.1) is 7.11 Å². The van der Waals surface area contributed by atoms with Crippen molar-refractivity contribution in [1.29, 1.82) is 0 Å². The molecule has 0 radical (unpaired) electrons. The van der Waals surface area contributed by atoms with E-state index in [4.69, 9.17) is 4.74 Å². The lowest BCUT2D eigenvalue weighted by atomic mass is 9.66. The van der Waals surface area contributed by atoms with E-state index in [1.807, 2.05) is 0 Å². The summed E-state index contributed by atoms with van der Waals surface area (Å²) < 4.78 is 19.2. The van der Waals surface area contributed by atoms with Crippen molar-refractivity contribution in [2.75, 3.05) is 20.2 Å². The van der Waals surface area contributed by atoms with E-state index in [9.17, 15) is 9.18 Å². The molecule has 1 heterocycles. The lowest BCUT2D eigenvalue weighted by Gasteiger charge is -2.40. The van der Waals surface area contributed by atoms with E-state index < -0.39 is 11.1 Å². The molecule has 1 N–H and O–H groups in total. The molecule has 1 saturated carbocycles. The minimum Gasteiger partial charge on any atom is -0.468 e. The van der Waals surface area contributed by atoms with Gasteiger partial charge in [0, 0.05) is 13.1 Å². The van der Waals surface area contributed by atoms with Crippen LogP contribution < -0.4 is 5.32 Å². The molecule has 1 aliphatic heterocycles. The normalized spacial score (nSPS) is 41.9. The van der Waals surface area contributed by atoms with Gasteiger partial charge in [-0.25, -0.2) is 4.39 Å². The Morgan fingerprint density at radius 1 is 1.36 bits per heavy atom. The molecule has 80 valence electrons. The van der Waals surface area contributed by atoms with Crippen molar-refractivity contribution >= 4 is 5.97 Å². The number of ether oxygens (including phenoxy) is 1. The van der Waals surface area contributed by atoms with E-state index in [2.05, 4.69) is 5.32 Å². The van der Waals surface area contributed by atoms with E-state index in [1.165, 1.54) is 7.11 Å². The Bertz CT molecular complexity index is 259. The van der Waals surface area contributed by atoms with Crippen molar-refractivity contribution in [2.45, 2.75) is 31.4 Å². The lowest BCUT2D eigenvalue weighted by Crippen LogP contribution is -2.52. The number of nitrogens with one attached hydrogen (secondary N) is 1. The number of carbonyl (C=O) groups excluding carboxylic acids is 1. The lowest BCUT2D eigenvalue weighted by molar-refractivity contribution is -0.163.